The first-order valence-electron chi connectivity index (χ1n) is 11.2. The van der Waals surface area contributed by atoms with E-state index < -0.39 is 11.9 Å². The van der Waals surface area contributed by atoms with Crippen LogP contribution in [0.15, 0.2) is 53.7 Å². The van der Waals surface area contributed by atoms with E-state index >= 15 is 0 Å². The van der Waals surface area contributed by atoms with Crippen molar-refractivity contribution in [3.05, 3.63) is 65.2 Å². The van der Waals surface area contributed by atoms with Gasteiger partial charge in [-0.1, -0.05) is 23.7 Å². The third-order valence-electron chi connectivity index (χ3n) is 6.09. The number of carbonyl (C=O) groups excluding carboxylic acids is 2. The summed E-state index contributed by atoms with van der Waals surface area (Å²) in [6, 6.07) is 13.0. The second-order valence-corrected chi connectivity index (χ2v) is 9.97. The Kier molecular flexibility index (Phi) is 6.47. The van der Waals surface area contributed by atoms with Crippen LogP contribution in [-0.4, -0.2) is 58.5 Å². The largest absolute Gasteiger partial charge is 0.371 e. The molecule has 0 aliphatic carbocycles. The third kappa shape index (κ3) is 4.76. The molecule has 3 aromatic rings. The molecule has 2 amide bonds. The van der Waals surface area contributed by atoms with Gasteiger partial charge in [0.2, 0.25) is 11.7 Å². The summed E-state index contributed by atoms with van der Waals surface area (Å²) in [6.45, 7) is 2.52. The van der Waals surface area contributed by atoms with E-state index in [1.807, 2.05) is 18.2 Å². The van der Waals surface area contributed by atoms with Crippen LogP contribution in [0.25, 0.3) is 0 Å². The highest BCUT2D eigenvalue weighted by Gasteiger charge is 2.31. The Morgan fingerprint density at radius 1 is 1.21 bits per heavy atom. The molecule has 0 unspecified atom stereocenters. The average Bonchev–Trinajstić information content (AvgIpc) is 3.51. The number of amides is 2. The Labute approximate surface area is 207 Å². The van der Waals surface area contributed by atoms with Gasteiger partial charge in [0.1, 0.15) is 12.4 Å². The first-order valence-corrected chi connectivity index (χ1v) is 12.6. The van der Waals surface area contributed by atoms with E-state index in [0.717, 1.165) is 34.9 Å². The normalized spacial score (nSPS) is 18.1. The lowest BCUT2D eigenvalue weighted by molar-refractivity contribution is -0.119. The van der Waals surface area contributed by atoms with Crippen molar-refractivity contribution in [2.45, 2.75) is 30.3 Å². The zero-order valence-corrected chi connectivity index (χ0v) is 20.3. The summed E-state index contributed by atoms with van der Waals surface area (Å²) in [4.78, 5) is 35.2. The molecule has 3 heterocycles. The zero-order valence-electron chi connectivity index (χ0n) is 18.8. The van der Waals surface area contributed by atoms with Gasteiger partial charge < -0.3 is 15.1 Å². The second-order valence-electron chi connectivity index (χ2n) is 8.48. The standard InChI is InChI=1S/C24H25ClN6O2S/c1-29-20-12-18(30-9-2-3-10-30)7-8-21(20)34-14-19(24(29)33)27-23(32)22-26-15-31(28-22)13-16-5-4-6-17(25)11-16/h4-8,11-12,15,19H,2-3,9-10,13-14H2,1H3,(H,27,32)/t19-/m0/s1. The highest BCUT2D eigenvalue weighted by atomic mass is 35.5. The van der Waals surface area contributed by atoms with Gasteiger partial charge in [-0.15, -0.1) is 16.9 Å². The van der Waals surface area contributed by atoms with Crippen LogP contribution in [0, 0.1) is 0 Å². The number of nitrogens with zero attached hydrogens (tertiary/aromatic N) is 5. The van der Waals surface area contributed by atoms with E-state index in [1.54, 1.807) is 34.5 Å². The molecule has 5 rings (SSSR count). The number of nitrogens with one attached hydrogen (secondary N) is 1. The summed E-state index contributed by atoms with van der Waals surface area (Å²) in [5, 5.41) is 7.74. The fraction of sp³-hybridized carbons (Fsp3) is 0.333. The summed E-state index contributed by atoms with van der Waals surface area (Å²) in [5.74, 6) is -0.160. The number of carbonyl (C=O) groups is 2. The minimum atomic E-state index is -0.676. The lowest BCUT2D eigenvalue weighted by atomic mass is 10.2. The van der Waals surface area contributed by atoms with E-state index in [0.29, 0.717) is 17.3 Å². The van der Waals surface area contributed by atoms with Crippen molar-refractivity contribution in [3.63, 3.8) is 0 Å². The number of halogens is 1. The number of fused-ring (bicyclic) bond motifs is 1. The number of hydrogen-bond acceptors (Lipinski definition) is 6. The Morgan fingerprint density at radius 3 is 2.82 bits per heavy atom. The molecule has 2 aliphatic rings. The molecule has 0 spiro atoms. The molecule has 2 aromatic carbocycles. The van der Waals surface area contributed by atoms with Crippen molar-refractivity contribution in [3.8, 4) is 0 Å². The van der Waals surface area contributed by atoms with Gasteiger partial charge in [0.15, 0.2) is 0 Å². The molecule has 1 saturated heterocycles. The summed E-state index contributed by atoms with van der Waals surface area (Å²) >= 11 is 7.61. The number of hydrogen-bond donors (Lipinski definition) is 1. The molecule has 1 N–H and O–H groups in total. The van der Waals surface area contributed by atoms with Crippen molar-refractivity contribution in [2.24, 2.45) is 0 Å². The number of aromatic nitrogens is 3. The predicted octanol–water partition coefficient (Wildman–Crippen LogP) is 3.45. The van der Waals surface area contributed by atoms with Gasteiger partial charge >= 0.3 is 0 Å². The summed E-state index contributed by atoms with van der Waals surface area (Å²) in [7, 11) is 1.76. The van der Waals surface area contributed by atoms with Crippen LogP contribution in [0.2, 0.25) is 5.02 Å². The van der Waals surface area contributed by atoms with Crippen LogP contribution in [0.1, 0.15) is 29.0 Å². The van der Waals surface area contributed by atoms with Crippen LogP contribution in [0.5, 0.6) is 0 Å². The maximum atomic E-state index is 13.2. The minimum absolute atomic E-state index is 0.0283. The van der Waals surface area contributed by atoms with Crippen LogP contribution in [-0.2, 0) is 11.3 Å². The second kappa shape index (κ2) is 9.68. The molecule has 1 aromatic heterocycles. The van der Waals surface area contributed by atoms with E-state index in [1.165, 1.54) is 19.2 Å². The molecule has 0 bridgehead atoms. The fourth-order valence-electron chi connectivity index (χ4n) is 4.28. The molecular formula is C24H25ClN6O2S. The number of thioether (sulfide) groups is 1. The Hall–Kier alpha value is -3.04. The van der Waals surface area contributed by atoms with Crippen molar-refractivity contribution in [2.75, 3.05) is 35.7 Å². The number of likely N-dealkylation sites (N-methyl/N-ethyl adjacent to an activating group) is 1. The maximum Gasteiger partial charge on any atom is 0.291 e. The molecular weight excluding hydrogens is 472 g/mol. The van der Waals surface area contributed by atoms with Gasteiger partial charge in [-0.25, -0.2) is 9.67 Å². The molecule has 8 nitrogen and oxygen atoms in total. The van der Waals surface area contributed by atoms with Crippen molar-refractivity contribution in [1.29, 1.82) is 0 Å². The Morgan fingerprint density at radius 2 is 2.03 bits per heavy atom. The minimum Gasteiger partial charge on any atom is -0.371 e. The molecule has 176 valence electrons. The zero-order chi connectivity index (χ0) is 23.7. The maximum absolute atomic E-state index is 13.2. The average molecular weight is 497 g/mol. The van der Waals surface area contributed by atoms with Crippen molar-refractivity contribution >= 4 is 46.6 Å². The van der Waals surface area contributed by atoms with Crippen LogP contribution in [0.3, 0.4) is 0 Å². The molecule has 1 fully saturated rings. The van der Waals surface area contributed by atoms with Gasteiger partial charge in [0, 0.05) is 41.5 Å². The lowest BCUT2D eigenvalue weighted by Crippen LogP contribution is -2.48. The van der Waals surface area contributed by atoms with Gasteiger partial charge in [-0.3, -0.25) is 9.59 Å². The monoisotopic (exact) mass is 496 g/mol. The smallest absolute Gasteiger partial charge is 0.291 e. The van der Waals surface area contributed by atoms with Crippen molar-refractivity contribution in [1.82, 2.24) is 20.1 Å². The van der Waals surface area contributed by atoms with Gasteiger partial charge in [-0.2, -0.15) is 0 Å². The summed E-state index contributed by atoms with van der Waals surface area (Å²) < 4.78 is 1.58. The van der Waals surface area contributed by atoms with Gasteiger partial charge in [-0.05, 0) is 48.7 Å². The third-order valence-corrected chi connectivity index (χ3v) is 7.48. The Balaban J connectivity index is 1.27. The molecule has 34 heavy (non-hydrogen) atoms. The van der Waals surface area contributed by atoms with E-state index in [9.17, 15) is 9.59 Å². The summed E-state index contributed by atoms with van der Waals surface area (Å²) in [5.41, 5.74) is 2.96. The first kappa shape index (κ1) is 22.7. The van der Waals surface area contributed by atoms with Gasteiger partial charge in [0.05, 0.1) is 12.2 Å². The quantitative estimate of drug-likeness (QED) is 0.582. The van der Waals surface area contributed by atoms with Crippen molar-refractivity contribution < 1.29 is 9.59 Å². The number of anilines is 2. The highest BCUT2D eigenvalue weighted by Crippen LogP contribution is 2.37. The lowest BCUT2D eigenvalue weighted by Gasteiger charge is -2.24. The Bertz CT molecular complexity index is 1230. The molecule has 0 radical (unpaired) electrons. The SMILES string of the molecule is CN1C(=O)[C@@H](NC(=O)c2ncn(Cc3cccc(Cl)c3)n2)CSc2ccc(N3CCCC3)cc21. The summed E-state index contributed by atoms with van der Waals surface area (Å²) in [6.07, 6.45) is 3.89. The van der Waals surface area contributed by atoms with Crippen LogP contribution >= 0.6 is 23.4 Å². The molecule has 1 atom stereocenters. The number of rotatable bonds is 5. The van der Waals surface area contributed by atoms with E-state index in [4.69, 9.17) is 11.6 Å². The highest BCUT2D eigenvalue weighted by molar-refractivity contribution is 7.99. The van der Waals surface area contributed by atoms with E-state index in [2.05, 4.69) is 38.5 Å². The number of benzene rings is 2. The first-order chi connectivity index (χ1) is 16.5. The predicted molar refractivity (Wildman–Crippen MR) is 134 cm³/mol. The van der Waals surface area contributed by atoms with Crippen LogP contribution in [0.4, 0.5) is 11.4 Å². The van der Waals surface area contributed by atoms with Crippen LogP contribution < -0.4 is 15.1 Å². The van der Waals surface area contributed by atoms with E-state index in [-0.39, 0.29) is 11.7 Å². The van der Waals surface area contributed by atoms with Gasteiger partial charge in [0.25, 0.3) is 5.91 Å². The molecule has 2 aliphatic heterocycles. The fourth-order valence-corrected chi connectivity index (χ4v) is 5.58. The topological polar surface area (TPSA) is 83.4 Å². The molecule has 10 heteroatoms. The molecule has 0 saturated carbocycles.